The second-order valence-corrected chi connectivity index (χ2v) is 7.74. The Balaban J connectivity index is 4.60. The van der Waals surface area contributed by atoms with Crippen molar-refractivity contribution >= 4 is 45.3 Å². The van der Waals surface area contributed by atoms with Gasteiger partial charge < -0.3 is 0 Å². The van der Waals surface area contributed by atoms with E-state index in [0.717, 1.165) is 26.2 Å². The van der Waals surface area contributed by atoms with E-state index in [1.807, 2.05) is 19.1 Å². The van der Waals surface area contributed by atoms with E-state index in [-0.39, 0.29) is 0 Å². The number of hydrogen-bond acceptors (Lipinski definition) is 1. The molecule has 0 fully saturated rings. The molecule has 0 aromatic carbocycles. The molecule has 0 saturated heterocycles. The normalized spacial score (nSPS) is 14.9. The minimum absolute atomic E-state index is 0.781. The molecular formula is C6H9BrNP3W. The van der Waals surface area contributed by atoms with Crippen LogP contribution < -0.4 is 0 Å². The quantitative estimate of drug-likeness (QED) is 0.452. The molecule has 6 heteroatoms. The third kappa shape index (κ3) is 6.01. The molecule has 2 atom stereocenters. The molecule has 0 aliphatic rings. The molecule has 0 aliphatic carbocycles. The van der Waals surface area contributed by atoms with E-state index in [4.69, 9.17) is 0 Å². The zero-order valence-electron chi connectivity index (χ0n) is 6.49. The predicted octanol–water partition coefficient (Wildman–Crippen LogP) is 4.03. The Hall–Kier alpha value is 1.48. The van der Waals surface area contributed by atoms with Crippen molar-refractivity contribution in [3.8, 4) is 0 Å². The Morgan fingerprint density at radius 2 is 2.42 bits per heavy atom. The van der Waals surface area contributed by atoms with Crippen LogP contribution in [0.5, 0.6) is 0 Å². The van der Waals surface area contributed by atoms with Crippen LogP contribution in [0.3, 0.4) is 0 Å². The zero-order valence-corrected chi connectivity index (χ0v) is 14.1. The van der Waals surface area contributed by atoms with Crippen LogP contribution in [-0.4, -0.2) is 4.40 Å². The van der Waals surface area contributed by atoms with Crippen LogP contribution in [-0.2, 0) is 19.4 Å². The van der Waals surface area contributed by atoms with Gasteiger partial charge in [-0.3, -0.25) is 0 Å². The van der Waals surface area contributed by atoms with Crippen LogP contribution in [0.1, 0.15) is 6.92 Å². The third-order valence-corrected chi connectivity index (χ3v) is 4.47. The monoisotopic (exact) mass is 451 g/mol. The molecule has 0 bridgehead atoms. The molecule has 0 aliphatic heterocycles. The van der Waals surface area contributed by atoms with Crippen molar-refractivity contribution in [3.63, 3.8) is 0 Å². The molecular weight excluding hydrogens is 443 g/mol. The molecule has 0 rings (SSSR count). The van der Waals surface area contributed by atoms with E-state index < -0.39 is 0 Å². The zero-order chi connectivity index (χ0) is 9.40. The van der Waals surface area contributed by atoms with Crippen molar-refractivity contribution < 1.29 is 19.4 Å². The van der Waals surface area contributed by atoms with Gasteiger partial charge >= 0.3 is 98.6 Å². The first-order valence-corrected chi connectivity index (χ1v) is 10.1. The van der Waals surface area contributed by atoms with Gasteiger partial charge in [-0.25, -0.2) is 0 Å². The van der Waals surface area contributed by atoms with E-state index in [9.17, 15) is 0 Å². The molecule has 2 unspecified atom stereocenters. The fourth-order valence-electron chi connectivity index (χ4n) is 0.442. The average Bonchev–Trinajstić information content (AvgIpc) is 2.06. The molecule has 0 amide bonds. The first kappa shape index (κ1) is 13.5. The topological polar surface area (TPSA) is 12.4 Å². The predicted molar refractivity (Wildman–Crippen MR) is 64.2 cm³/mol. The van der Waals surface area contributed by atoms with Crippen molar-refractivity contribution in [2.24, 2.45) is 4.74 Å². The van der Waals surface area contributed by atoms with Gasteiger partial charge in [0, 0.05) is 0 Å². The summed E-state index contributed by atoms with van der Waals surface area (Å²) in [5.41, 5.74) is 1.06. The molecule has 12 heavy (non-hydrogen) atoms. The molecule has 0 saturated carbocycles. The van der Waals surface area contributed by atoms with Crippen LogP contribution in [0.2, 0.25) is 0 Å². The Labute approximate surface area is 98.1 Å². The van der Waals surface area contributed by atoms with Crippen molar-refractivity contribution in [2.45, 2.75) is 6.92 Å². The summed E-state index contributed by atoms with van der Waals surface area (Å²) in [4.78, 5) is 0. The molecule has 0 aromatic heterocycles. The number of nitrogens with zero attached hydrogens (tertiary/aromatic N) is 1. The van der Waals surface area contributed by atoms with Crippen LogP contribution >= 0.6 is 40.9 Å². The maximum absolute atomic E-state index is 4.39. The van der Waals surface area contributed by atoms with Crippen LogP contribution in [0.4, 0.5) is 0 Å². The SMILES string of the molecule is CC=C/C(Br)=C(\[CH]=[W])N=PPP. The van der Waals surface area contributed by atoms with Gasteiger partial charge in [-0.1, -0.05) is 0 Å². The molecule has 0 radical (unpaired) electrons. The number of halogens is 1. The Morgan fingerprint density at radius 1 is 1.75 bits per heavy atom. The van der Waals surface area contributed by atoms with Gasteiger partial charge in [0.1, 0.15) is 0 Å². The summed E-state index contributed by atoms with van der Waals surface area (Å²) in [7, 11) is 4.59. The number of rotatable bonds is 4. The van der Waals surface area contributed by atoms with Gasteiger partial charge in [0.05, 0.1) is 0 Å². The molecule has 1 nitrogen and oxygen atoms in total. The Kier molecular flexibility index (Phi) is 10.2. The average molecular weight is 452 g/mol. The molecule has 0 aromatic rings. The Morgan fingerprint density at radius 3 is 2.83 bits per heavy atom. The van der Waals surface area contributed by atoms with Gasteiger partial charge in [-0.15, -0.1) is 0 Å². The van der Waals surface area contributed by atoms with E-state index in [1.165, 1.54) is 19.4 Å². The molecule has 0 spiro atoms. The van der Waals surface area contributed by atoms with Crippen LogP contribution in [0, 0.1) is 0 Å². The maximum atomic E-state index is 4.39. The Bertz CT molecular complexity index is 237. The van der Waals surface area contributed by atoms with Gasteiger partial charge in [0.15, 0.2) is 0 Å². The summed E-state index contributed by atoms with van der Waals surface area (Å²) in [5, 5.41) is 0. The van der Waals surface area contributed by atoms with Crippen molar-refractivity contribution in [1.29, 1.82) is 0 Å². The van der Waals surface area contributed by atoms with E-state index >= 15 is 0 Å². The van der Waals surface area contributed by atoms with Gasteiger partial charge in [0.25, 0.3) is 0 Å². The fourth-order valence-corrected chi connectivity index (χ4v) is 3.95. The van der Waals surface area contributed by atoms with Crippen molar-refractivity contribution in [3.05, 3.63) is 22.3 Å². The van der Waals surface area contributed by atoms with Gasteiger partial charge in [0.2, 0.25) is 0 Å². The van der Waals surface area contributed by atoms with Gasteiger partial charge in [-0.2, -0.15) is 0 Å². The summed E-state index contributed by atoms with van der Waals surface area (Å²) in [6, 6.07) is 0. The second-order valence-electron chi connectivity index (χ2n) is 1.68. The second kappa shape index (κ2) is 9.05. The molecule has 0 heterocycles. The van der Waals surface area contributed by atoms with Crippen LogP contribution in [0.15, 0.2) is 27.1 Å². The van der Waals surface area contributed by atoms with Crippen molar-refractivity contribution in [2.75, 3.05) is 0 Å². The molecule has 66 valence electrons. The van der Waals surface area contributed by atoms with Crippen LogP contribution in [0.25, 0.3) is 0 Å². The van der Waals surface area contributed by atoms with E-state index in [0.29, 0.717) is 0 Å². The summed E-state index contributed by atoms with van der Waals surface area (Å²) >= 11 is 4.89. The summed E-state index contributed by atoms with van der Waals surface area (Å²) in [5.74, 6) is 0. The van der Waals surface area contributed by atoms with E-state index in [2.05, 4.69) is 34.0 Å². The first-order chi connectivity index (χ1) is 5.76. The number of hydrogen-bond donors (Lipinski definition) is 0. The number of allylic oxidation sites excluding steroid dienone is 4. The van der Waals surface area contributed by atoms with Gasteiger partial charge in [-0.05, 0) is 0 Å². The fraction of sp³-hybridized carbons (Fsp3) is 0.167. The van der Waals surface area contributed by atoms with E-state index in [1.54, 1.807) is 0 Å². The summed E-state index contributed by atoms with van der Waals surface area (Å²) in [6.45, 7) is 2.00. The standard InChI is InChI=1S/C6H9BrNP3.W/c1-3-4-6(7)5(2)8-10-11-9;/h2-4,11H,9H2,1H3;/b4-3?,6-5-;. The minimum atomic E-state index is 0.781. The summed E-state index contributed by atoms with van der Waals surface area (Å²) in [6.07, 6.45) is 4.01. The third-order valence-electron chi connectivity index (χ3n) is 0.885. The first-order valence-electron chi connectivity index (χ1n) is 3.10. The molecule has 0 N–H and O–H groups in total. The van der Waals surface area contributed by atoms with Crippen molar-refractivity contribution in [1.82, 2.24) is 0 Å². The summed E-state index contributed by atoms with van der Waals surface area (Å²) < 4.78 is 7.54.